The standard InChI is InChI=1S/C14H19NO6S/c1-14(2,3)22(19,20)9-12(16)15-10-4-6-11(7-5-10)21-8-13(17)18/h4-7H,8-9H2,1-3H3,(H,15,16)(H,17,18). The van der Waals surface area contributed by atoms with Crippen LogP contribution in [0, 0.1) is 0 Å². The molecule has 1 aromatic rings. The van der Waals surface area contributed by atoms with Crippen LogP contribution in [0.25, 0.3) is 0 Å². The van der Waals surface area contributed by atoms with Gasteiger partial charge in [0.15, 0.2) is 16.4 Å². The van der Waals surface area contributed by atoms with E-state index in [0.29, 0.717) is 11.4 Å². The number of hydrogen-bond donors (Lipinski definition) is 2. The number of carbonyl (C=O) groups is 2. The Morgan fingerprint density at radius 3 is 2.18 bits per heavy atom. The van der Waals surface area contributed by atoms with Crippen LogP contribution in [0.4, 0.5) is 5.69 Å². The van der Waals surface area contributed by atoms with E-state index in [4.69, 9.17) is 9.84 Å². The molecular formula is C14H19NO6S. The summed E-state index contributed by atoms with van der Waals surface area (Å²) in [5.74, 6) is -1.99. The summed E-state index contributed by atoms with van der Waals surface area (Å²) in [4.78, 5) is 22.1. The molecule has 0 unspecified atom stereocenters. The van der Waals surface area contributed by atoms with Crippen molar-refractivity contribution in [3.05, 3.63) is 24.3 Å². The Bertz CT molecular complexity index is 643. The number of amides is 1. The number of carboxylic acids is 1. The Balaban J connectivity index is 2.64. The Hall–Kier alpha value is -2.09. The number of nitrogens with one attached hydrogen (secondary N) is 1. The SMILES string of the molecule is CC(C)(C)S(=O)(=O)CC(=O)Nc1ccc(OCC(=O)O)cc1. The molecule has 1 rings (SSSR count). The first-order valence-electron chi connectivity index (χ1n) is 6.48. The van der Waals surface area contributed by atoms with Crippen molar-refractivity contribution in [3.63, 3.8) is 0 Å². The molecule has 0 aliphatic heterocycles. The fourth-order valence-electron chi connectivity index (χ4n) is 1.37. The summed E-state index contributed by atoms with van der Waals surface area (Å²) in [5, 5.41) is 11.0. The third-order valence-corrected chi connectivity index (χ3v) is 5.26. The van der Waals surface area contributed by atoms with E-state index in [2.05, 4.69) is 5.32 Å². The van der Waals surface area contributed by atoms with Gasteiger partial charge in [-0.3, -0.25) is 4.79 Å². The molecule has 0 radical (unpaired) electrons. The van der Waals surface area contributed by atoms with Crippen LogP contribution in [0.5, 0.6) is 5.75 Å². The maximum atomic E-state index is 11.9. The Morgan fingerprint density at radius 1 is 1.18 bits per heavy atom. The van der Waals surface area contributed by atoms with Gasteiger partial charge in [-0.25, -0.2) is 13.2 Å². The average molecular weight is 329 g/mol. The second kappa shape index (κ2) is 6.78. The van der Waals surface area contributed by atoms with Crippen LogP contribution < -0.4 is 10.1 Å². The second-order valence-corrected chi connectivity index (χ2v) is 8.37. The maximum absolute atomic E-state index is 11.9. The van der Waals surface area contributed by atoms with E-state index in [1.165, 1.54) is 45.0 Å². The largest absolute Gasteiger partial charge is 0.482 e. The first-order chi connectivity index (χ1) is 10.0. The summed E-state index contributed by atoms with van der Waals surface area (Å²) in [6.45, 7) is 4.13. The minimum absolute atomic E-state index is 0.336. The quantitative estimate of drug-likeness (QED) is 0.814. The Labute approximate surface area is 129 Å². The first kappa shape index (κ1) is 18.0. The van der Waals surface area contributed by atoms with Crippen molar-refractivity contribution in [3.8, 4) is 5.75 Å². The summed E-state index contributed by atoms with van der Waals surface area (Å²) in [6.07, 6.45) is 0. The number of benzene rings is 1. The van der Waals surface area contributed by atoms with Crippen molar-refractivity contribution in [2.45, 2.75) is 25.5 Å². The highest BCUT2D eigenvalue weighted by molar-refractivity contribution is 7.93. The summed E-state index contributed by atoms with van der Waals surface area (Å²) in [7, 11) is -3.55. The zero-order chi connectivity index (χ0) is 17.0. The molecule has 22 heavy (non-hydrogen) atoms. The molecule has 0 aromatic heterocycles. The van der Waals surface area contributed by atoms with Gasteiger partial charge in [0.25, 0.3) is 0 Å². The minimum Gasteiger partial charge on any atom is -0.482 e. The molecule has 0 saturated heterocycles. The lowest BCUT2D eigenvalue weighted by molar-refractivity contribution is -0.139. The van der Waals surface area contributed by atoms with Gasteiger partial charge >= 0.3 is 5.97 Å². The molecule has 122 valence electrons. The molecule has 8 heteroatoms. The van der Waals surface area contributed by atoms with Crippen molar-refractivity contribution in [2.24, 2.45) is 0 Å². The number of sulfone groups is 1. The van der Waals surface area contributed by atoms with E-state index < -0.39 is 38.8 Å². The highest BCUT2D eigenvalue weighted by Gasteiger charge is 2.31. The van der Waals surface area contributed by atoms with Crippen LogP contribution in [-0.2, 0) is 19.4 Å². The minimum atomic E-state index is -3.55. The second-order valence-electron chi connectivity index (χ2n) is 5.63. The number of carboxylic acid groups (broad SMARTS) is 1. The van der Waals surface area contributed by atoms with Gasteiger partial charge < -0.3 is 15.2 Å². The first-order valence-corrected chi connectivity index (χ1v) is 8.13. The fraction of sp³-hybridized carbons (Fsp3) is 0.429. The number of aliphatic carboxylic acids is 1. The van der Waals surface area contributed by atoms with Crippen molar-refractivity contribution < 1.29 is 27.9 Å². The number of hydrogen-bond acceptors (Lipinski definition) is 5. The van der Waals surface area contributed by atoms with Crippen molar-refractivity contribution in [2.75, 3.05) is 17.7 Å². The molecule has 0 atom stereocenters. The molecule has 0 heterocycles. The highest BCUT2D eigenvalue weighted by Crippen LogP contribution is 2.18. The van der Waals surface area contributed by atoms with Gasteiger partial charge in [-0.05, 0) is 45.0 Å². The maximum Gasteiger partial charge on any atom is 0.341 e. The molecule has 1 amide bonds. The molecule has 1 aromatic carbocycles. The van der Waals surface area contributed by atoms with Crippen LogP contribution in [0.15, 0.2) is 24.3 Å². The molecule has 0 aliphatic rings. The number of ether oxygens (including phenoxy) is 1. The Morgan fingerprint density at radius 2 is 1.73 bits per heavy atom. The molecule has 0 spiro atoms. The molecular weight excluding hydrogens is 310 g/mol. The lowest BCUT2D eigenvalue weighted by atomic mass is 10.3. The fourth-order valence-corrected chi connectivity index (χ4v) is 2.22. The van der Waals surface area contributed by atoms with Crippen LogP contribution in [0.1, 0.15) is 20.8 Å². The monoisotopic (exact) mass is 329 g/mol. The predicted molar refractivity (Wildman–Crippen MR) is 81.7 cm³/mol. The molecule has 0 bridgehead atoms. The van der Waals surface area contributed by atoms with E-state index in [1.54, 1.807) is 0 Å². The van der Waals surface area contributed by atoms with Crippen LogP contribution in [0.2, 0.25) is 0 Å². The summed E-state index contributed by atoms with van der Waals surface area (Å²) in [6, 6.07) is 5.96. The Kier molecular flexibility index (Phi) is 5.54. The topological polar surface area (TPSA) is 110 Å². The summed E-state index contributed by atoms with van der Waals surface area (Å²) in [5.41, 5.74) is 0.400. The number of anilines is 1. The molecule has 0 saturated carbocycles. The summed E-state index contributed by atoms with van der Waals surface area (Å²) >= 11 is 0. The molecule has 7 nitrogen and oxygen atoms in total. The van der Waals surface area contributed by atoms with E-state index >= 15 is 0 Å². The van der Waals surface area contributed by atoms with E-state index in [-0.39, 0.29) is 0 Å². The lowest BCUT2D eigenvalue weighted by Gasteiger charge is -2.18. The highest BCUT2D eigenvalue weighted by atomic mass is 32.2. The zero-order valence-corrected chi connectivity index (χ0v) is 13.4. The van der Waals surface area contributed by atoms with Crippen molar-refractivity contribution >= 4 is 27.4 Å². The number of rotatable bonds is 6. The zero-order valence-electron chi connectivity index (χ0n) is 12.6. The molecule has 0 aliphatic carbocycles. The van der Waals surface area contributed by atoms with Gasteiger partial charge in [0.05, 0.1) is 4.75 Å². The van der Waals surface area contributed by atoms with Gasteiger partial charge in [-0.15, -0.1) is 0 Å². The van der Waals surface area contributed by atoms with Gasteiger partial charge in [0, 0.05) is 5.69 Å². The van der Waals surface area contributed by atoms with Gasteiger partial charge in [0.1, 0.15) is 11.5 Å². The third kappa shape index (κ3) is 5.36. The van der Waals surface area contributed by atoms with E-state index in [0.717, 1.165) is 0 Å². The van der Waals surface area contributed by atoms with E-state index in [1.807, 2.05) is 0 Å². The van der Waals surface area contributed by atoms with Crippen molar-refractivity contribution in [1.29, 1.82) is 0 Å². The normalized spacial score (nSPS) is 11.8. The van der Waals surface area contributed by atoms with Gasteiger partial charge in [-0.2, -0.15) is 0 Å². The smallest absolute Gasteiger partial charge is 0.341 e. The lowest BCUT2D eigenvalue weighted by Crippen LogP contribution is -2.35. The molecule has 2 N–H and O–H groups in total. The number of carbonyl (C=O) groups excluding carboxylic acids is 1. The third-order valence-electron chi connectivity index (χ3n) is 2.75. The van der Waals surface area contributed by atoms with E-state index in [9.17, 15) is 18.0 Å². The van der Waals surface area contributed by atoms with Crippen LogP contribution in [0.3, 0.4) is 0 Å². The summed E-state index contributed by atoms with van der Waals surface area (Å²) < 4.78 is 27.8. The van der Waals surface area contributed by atoms with Crippen LogP contribution in [-0.4, -0.2) is 42.5 Å². The average Bonchev–Trinajstić information content (AvgIpc) is 2.35. The van der Waals surface area contributed by atoms with Crippen molar-refractivity contribution in [1.82, 2.24) is 0 Å². The van der Waals surface area contributed by atoms with Crippen LogP contribution >= 0.6 is 0 Å². The van der Waals surface area contributed by atoms with Gasteiger partial charge in [-0.1, -0.05) is 0 Å². The predicted octanol–water partition coefficient (Wildman–Crippen LogP) is 1.30. The molecule has 0 fully saturated rings. The van der Waals surface area contributed by atoms with Gasteiger partial charge in [0.2, 0.25) is 5.91 Å².